The minimum atomic E-state index is -0.535. The summed E-state index contributed by atoms with van der Waals surface area (Å²) in [6.45, 7) is 4.32. The number of carbonyl (C=O) groups is 1. The maximum Gasteiger partial charge on any atom is 0.341 e. The number of benzene rings is 2. The lowest BCUT2D eigenvalue weighted by molar-refractivity contribution is 0.0527. The smallest absolute Gasteiger partial charge is 0.341 e. The average Bonchev–Trinajstić information content (AvgIpc) is 2.62. The van der Waals surface area contributed by atoms with Crippen LogP contribution in [0.2, 0.25) is 5.02 Å². The fraction of sp³-hybridized carbons (Fsp3) is 0.200. The summed E-state index contributed by atoms with van der Waals surface area (Å²) in [5.41, 5.74) is 1.66. The predicted molar refractivity (Wildman–Crippen MR) is 111 cm³/mol. The van der Waals surface area contributed by atoms with Crippen LogP contribution >= 0.6 is 27.5 Å². The lowest BCUT2D eigenvalue weighted by Gasteiger charge is -2.16. The van der Waals surface area contributed by atoms with Gasteiger partial charge in [0.05, 0.1) is 28.9 Å². The number of halogens is 3. The van der Waals surface area contributed by atoms with Crippen molar-refractivity contribution in [2.45, 2.75) is 13.8 Å². The minimum absolute atomic E-state index is 0.217. The van der Waals surface area contributed by atoms with E-state index in [1.54, 1.807) is 25.1 Å². The molecule has 28 heavy (non-hydrogen) atoms. The molecule has 1 heterocycles. The monoisotopic (exact) mass is 466 g/mol. The summed E-state index contributed by atoms with van der Waals surface area (Å²) in [6, 6.07) is 7.61. The first kappa shape index (κ1) is 20.4. The van der Waals surface area contributed by atoms with Crippen LogP contribution in [-0.4, -0.2) is 24.2 Å². The Morgan fingerprint density at radius 2 is 2.00 bits per heavy atom. The standard InChI is InChI=1S/C20H17BrClFN2O3/c1-3-27-18-9-17-14(8-16(18)21)19(15(10-24-17)20(26)28-4-2)25-13-6-11(22)5-12(23)7-13/h5-10H,3-4H2,1-2H3,(H,24,25). The Balaban J connectivity index is 2.20. The molecule has 3 aromatic rings. The highest BCUT2D eigenvalue weighted by Crippen LogP contribution is 2.36. The van der Waals surface area contributed by atoms with Crippen LogP contribution in [0.1, 0.15) is 24.2 Å². The van der Waals surface area contributed by atoms with Crippen LogP contribution in [0, 0.1) is 5.82 Å². The third-order valence-electron chi connectivity index (χ3n) is 3.85. The molecule has 0 spiro atoms. The van der Waals surface area contributed by atoms with E-state index in [0.29, 0.717) is 39.1 Å². The Morgan fingerprint density at radius 1 is 1.21 bits per heavy atom. The van der Waals surface area contributed by atoms with Gasteiger partial charge in [-0.15, -0.1) is 0 Å². The number of nitrogens with one attached hydrogen (secondary N) is 1. The van der Waals surface area contributed by atoms with Gasteiger partial charge in [-0.1, -0.05) is 11.6 Å². The van der Waals surface area contributed by atoms with Crippen LogP contribution in [0.3, 0.4) is 0 Å². The SMILES string of the molecule is CCOC(=O)c1cnc2cc(OCC)c(Br)cc2c1Nc1cc(F)cc(Cl)c1. The second-order valence-corrected chi connectivity index (χ2v) is 7.07. The highest BCUT2D eigenvalue weighted by Gasteiger charge is 2.19. The van der Waals surface area contributed by atoms with Crippen molar-refractivity contribution in [2.75, 3.05) is 18.5 Å². The van der Waals surface area contributed by atoms with Gasteiger partial charge in [0.25, 0.3) is 0 Å². The number of pyridine rings is 1. The molecule has 0 aliphatic heterocycles. The van der Waals surface area contributed by atoms with E-state index in [9.17, 15) is 9.18 Å². The van der Waals surface area contributed by atoms with Gasteiger partial charge < -0.3 is 14.8 Å². The summed E-state index contributed by atoms with van der Waals surface area (Å²) in [7, 11) is 0. The zero-order chi connectivity index (χ0) is 20.3. The van der Waals surface area contributed by atoms with Crippen molar-refractivity contribution in [2.24, 2.45) is 0 Å². The Kier molecular flexibility index (Phi) is 6.36. The number of esters is 1. The van der Waals surface area contributed by atoms with Gasteiger partial charge in [0.1, 0.15) is 17.1 Å². The average molecular weight is 468 g/mol. The van der Waals surface area contributed by atoms with E-state index in [4.69, 9.17) is 21.1 Å². The molecular weight excluding hydrogens is 451 g/mol. The lowest BCUT2D eigenvalue weighted by atomic mass is 10.1. The molecule has 0 saturated heterocycles. The first-order valence-electron chi connectivity index (χ1n) is 8.58. The van der Waals surface area contributed by atoms with Gasteiger partial charge in [0.15, 0.2) is 0 Å². The van der Waals surface area contributed by atoms with Crippen LogP contribution in [0.5, 0.6) is 5.75 Å². The van der Waals surface area contributed by atoms with Gasteiger partial charge in [0, 0.05) is 28.4 Å². The summed E-state index contributed by atoms with van der Waals surface area (Å²) >= 11 is 9.44. The molecule has 0 unspecified atom stereocenters. The molecule has 0 fully saturated rings. The molecule has 0 amide bonds. The Morgan fingerprint density at radius 3 is 2.68 bits per heavy atom. The molecule has 1 aromatic heterocycles. The molecule has 0 atom stereocenters. The van der Waals surface area contributed by atoms with Crippen molar-refractivity contribution < 1.29 is 18.7 Å². The van der Waals surface area contributed by atoms with Crippen LogP contribution in [0.25, 0.3) is 10.9 Å². The highest BCUT2D eigenvalue weighted by atomic mass is 79.9. The number of hydrogen-bond acceptors (Lipinski definition) is 5. The van der Waals surface area contributed by atoms with E-state index in [1.165, 1.54) is 18.3 Å². The molecule has 146 valence electrons. The number of anilines is 2. The van der Waals surface area contributed by atoms with Crippen molar-refractivity contribution in [1.82, 2.24) is 4.98 Å². The summed E-state index contributed by atoms with van der Waals surface area (Å²) in [6.07, 6.45) is 1.42. The van der Waals surface area contributed by atoms with Crippen LogP contribution in [0.15, 0.2) is 41.0 Å². The van der Waals surface area contributed by atoms with Gasteiger partial charge in [-0.05, 0) is 54.0 Å². The van der Waals surface area contributed by atoms with Crippen molar-refractivity contribution in [3.05, 3.63) is 57.4 Å². The van der Waals surface area contributed by atoms with E-state index in [0.717, 1.165) is 0 Å². The Labute approximate surface area is 174 Å². The van der Waals surface area contributed by atoms with Gasteiger partial charge in [0.2, 0.25) is 0 Å². The number of hydrogen-bond donors (Lipinski definition) is 1. The molecule has 0 aliphatic rings. The number of nitrogens with zero attached hydrogens (tertiary/aromatic N) is 1. The number of carbonyl (C=O) groups excluding carboxylic acids is 1. The molecule has 2 aromatic carbocycles. The summed E-state index contributed by atoms with van der Waals surface area (Å²) < 4.78 is 25.2. The van der Waals surface area contributed by atoms with Crippen molar-refractivity contribution in [3.63, 3.8) is 0 Å². The molecule has 0 saturated carbocycles. The zero-order valence-corrected chi connectivity index (χ0v) is 17.5. The lowest BCUT2D eigenvalue weighted by Crippen LogP contribution is -2.09. The molecule has 1 N–H and O–H groups in total. The topological polar surface area (TPSA) is 60.5 Å². The number of fused-ring (bicyclic) bond motifs is 1. The minimum Gasteiger partial charge on any atom is -0.493 e. The maximum absolute atomic E-state index is 13.8. The normalized spacial score (nSPS) is 10.8. The summed E-state index contributed by atoms with van der Waals surface area (Å²) in [4.78, 5) is 16.8. The first-order valence-corrected chi connectivity index (χ1v) is 9.75. The second kappa shape index (κ2) is 8.75. The summed E-state index contributed by atoms with van der Waals surface area (Å²) in [5.74, 6) is -0.399. The van der Waals surface area contributed by atoms with Crippen LogP contribution in [-0.2, 0) is 4.74 Å². The van der Waals surface area contributed by atoms with Crippen molar-refractivity contribution in [3.8, 4) is 5.75 Å². The number of rotatable bonds is 6. The van der Waals surface area contributed by atoms with Crippen LogP contribution in [0.4, 0.5) is 15.8 Å². The van der Waals surface area contributed by atoms with Crippen molar-refractivity contribution >= 4 is 55.8 Å². The maximum atomic E-state index is 13.8. The molecule has 0 bridgehead atoms. The molecule has 5 nitrogen and oxygen atoms in total. The molecule has 8 heteroatoms. The highest BCUT2D eigenvalue weighted by molar-refractivity contribution is 9.10. The molecule has 0 radical (unpaired) electrons. The number of ether oxygens (including phenoxy) is 2. The predicted octanol–water partition coefficient (Wildman–Crippen LogP) is 6.11. The second-order valence-electron chi connectivity index (χ2n) is 5.78. The zero-order valence-electron chi connectivity index (χ0n) is 15.2. The van der Waals surface area contributed by atoms with E-state index >= 15 is 0 Å². The van der Waals surface area contributed by atoms with Gasteiger partial charge >= 0.3 is 5.97 Å². The van der Waals surface area contributed by atoms with E-state index in [1.807, 2.05) is 6.92 Å². The first-order chi connectivity index (χ1) is 13.4. The van der Waals surface area contributed by atoms with Gasteiger partial charge in [-0.2, -0.15) is 0 Å². The summed E-state index contributed by atoms with van der Waals surface area (Å²) in [5, 5.41) is 3.96. The van der Waals surface area contributed by atoms with Crippen molar-refractivity contribution in [1.29, 1.82) is 0 Å². The fourth-order valence-electron chi connectivity index (χ4n) is 2.73. The van der Waals surface area contributed by atoms with E-state index < -0.39 is 11.8 Å². The Bertz CT molecular complexity index is 1030. The quantitative estimate of drug-likeness (QED) is 0.443. The third kappa shape index (κ3) is 4.36. The van der Waals surface area contributed by atoms with Crippen LogP contribution < -0.4 is 10.1 Å². The van der Waals surface area contributed by atoms with E-state index in [2.05, 4.69) is 26.2 Å². The van der Waals surface area contributed by atoms with Gasteiger partial charge in [-0.25, -0.2) is 9.18 Å². The van der Waals surface area contributed by atoms with E-state index in [-0.39, 0.29) is 17.2 Å². The molecule has 0 aliphatic carbocycles. The van der Waals surface area contributed by atoms with Gasteiger partial charge in [-0.3, -0.25) is 4.98 Å². The Hall–Kier alpha value is -2.38. The fourth-order valence-corrected chi connectivity index (χ4v) is 3.41. The third-order valence-corrected chi connectivity index (χ3v) is 4.69. The molecular formula is C20H17BrClFN2O3. The largest absolute Gasteiger partial charge is 0.493 e. The number of aromatic nitrogens is 1. The molecule has 3 rings (SSSR count).